The molecule has 226 valence electrons. The number of hydrogen-bond donors (Lipinski definition) is 3. The van der Waals surface area contributed by atoms with Crippen LogP contribution in [0.2, 0.25) is 0 Å². The third-order valence-corrected chi connectivity index (χ3v) is 7.19. The van der Waals surface area contributed by atoms with Crippen molar-refractivity contribution in [1.29, 1.82) is 0 Å². The fraction of sp³-hybridized carbons (Fsp3) is 0.545. The van der Waals surface area contributed by atoms with E-state index in [9.17, 15) is 19.5 Å². The number of ether oxygens (including phenoxy) is 1. The van der Waals surface area contributed by atoms with Crippen LogP contribution in [0.15, 0.2) is 42.5 Å². The molecule has 8 heteroatoms. The third kappa shape index (κ3) is 10.1. The van der Waals surface area contributed by atoms with Crippen LogP contribution in [0.1, 0.15) is 96.4 Å². The van der Waals surface area contributed by atoms with Crippen molar-refractivity contribution in [3.63, 3.8) is 0 Å². The van der Waals surface area contributed by atoms with Gasteiger partial charge in [-0.05, 0) is 81.8 Å². The molecule has 0 heterocycles. The smallest absolute Gasteiger partial charge is 0.408 e. The molecule has 2 aromatic rings. The average Bonchev–Trinajstić information content (AvgIpc) is 2.90. The summed E-state index contributed by atoms with van der Waals surface area (Å²) >= 11 is 0. The predicted molar refractivity (Wildman–Crippen MR) is 164 cm³/mol. The highest BCUT2D eigenvalue weighted by Gasteiger charge is 2.38. The molecule has 0 aliphatic rings. The number of aryl methyl sites for hydroxylation is 2. The zero-order chi connectivity index (χ0) is 30.7. The quantitative estimate of drug-likeness (QED) is 0.225. The molecule has 3 amide bonds. The molecule has 0 aliphatic heterocycles. The van der Waals surface area contributed by atoms with E-state index in [0.29, 0.717) is 36.2 Å². The van der Waals surface area contributed by atoms with E-state index in [0.717, 1.165) is 24.8 Å². The van der Waals surface area contributed by atoms with Gasteiger partial charge < -0.3 is 25.4 Å². The number of alkyl carbamates (subject to hydrolysis) is 1. The maximum absolute atomic E-state index is 14.4. The largest absolute Gasteiger partial charge is 0.508 e. The molecule has 0 aliphatic carbocycles. The summed E-state index contributed by atoms with van der Waals surface area (Å²) in [6.07, 6.45) is 3.58. The normalized spacial score (nSPS) is 13.6. The molecule has 41 heavy (non-hydrogen) atoms. The van der Waals surface area contributed by atoms with Gasteiger partial charge >= 0.3 is 6.09 Å². The number of carbonyl (C=O) groups is 3. The Hall–Kier alpha value is -3.55. The van der Waals surface area contributed by atoms with Gasteiger partial charge in [0.2, 0.25) is 5.91 Å². The first-order valence-electron chi connectivity index (χ1n) is 14.7. The summed E-state index contributed by atoms with van der Waals surface area (Å²) in [5, 5.41) is 16.1. The Morgan fingerprint density at radius 1 is 0.976 bits per heavy atom. The Morgan fingerprint density at radius 3 is 2.24 bits per heavy atom. The van der Waals surface area contributed by atoms with Crippen LogP contribution in [-0.2, 0) is 14.3 Å². The van der Waals surface area contributed by atoms with Gasteiger partial charge in [-0.1, -0.05) is 70.7 Å². The zero-order valence-corrected chi connectivity index (χ0v) is 26.0. The van der Waals surface area contributed by atoms with Gasteiger partial charge in [0.1, 0.15) is 23.4 Å². The Balaban J connectivity index is 2.60. The van der Waals surface area contributed by atoms with Crippen molar-refractivity contribution in [2.45, 2.75) is 105 Å². The molecular formula is C33H49N3O5. The van der Waals surface area contributed by atoms with E-state index in [-0.39, 0.29) is 23.5 Å². The van der Waals surface area contributed by atoms with Gasteiger partial charge in [-0.2, -0.15) is 0 Å². The molecule has 3 unspecified atom stereocenters. The topological polar surface area (TPSA) is 108 Å². The lowest BCUT2D eigenvalue weighted by Gasteiger charge is -2.36. The van der Waals surface area contributed by atoms with E-state index < -0.39 is 23.8 Å². The Labute approximate surface area is 245 Å². The minimum Gasteiger partial charge on any atom is -0.508 e. The number of aromatic hydroxyl groups is 1. The van der Waals surface area contributed by atoms with Gasteiger partial charge in [-0.15, -0.1) is 0 Å². The summed E-state index contributed by atoms with van der Waals surface area (Å²) in [5.41, 5.74) is 2.00. The maximum Gasteiger partial charge on any atom is 0.408 e. The van der Waals surface area contributed by atoms with Crippen LogP contribution in [0, 0.1) is 19.8 Å². The van der Waals surface area contributed by atoms with Crippen molar-refractivity contribution in [3.05, 3.63) is 59.2 Å². The molecule has 3 N–H and O–H groups in total. The number of hydrogen-bond acceptors (Lipinski definition) is 5. The lowest BCUT2D eigenvalue weighted by molar-refractivity contribution is -0.142. The van der Waals surface area contributed by atoms with Crippen LogP contribution in [0.25, 0.3) is 0 Å². The summed E-state index contributed by atoms with van der Waals surface area (Å²) in [5.74, 6) is -0.822. The number of phenolic OH excluding ortho intramolecular Hbond substituents is 1. The molecule has 0 radical (unpaired) electrons. The number of amides is 3. The predicted octanol–water partition coefficient (Wildman–Crippen LogP) is 7.04. The van der Waals surface area contributed by atoms with Crippen LogP contribution in [0.4, 0.5) is 10.5 Å². The first kappa shape index (κ1) is 33.7. The molecule has 8 nitrogen and oxygen atoms in total. The van der Waals surface area contributed by atoms with Crippen molar-refractivity contribution < 1.29 is 24.2 Å². The standard InChI is InChI=1S/C33H49N3O5/c1-9-11-12-15-20-36(31(39)28(22(3)10-2)35-32(40)41-33(6,7)8)29(25-18-19-27(37)24(5)21-25)30(38)34-26-17-14-13-16-23(26)4/h13-14,16-19,21-22,28-29,37H,9-12,15,20H2,1-8H3,(H,34,38)(H,35,40). The number of nitrogens with one attached hydrogen (secondary N) is 2. The highest BCUT2D eigenvalue weighted by Crippen LogP contribution is 2.30. The average molecular weight is 568 g/mol. The van der Waals surface area contributed by atoms with Gasteiger partial charge in [-0.25, -0.2) is 4.79 Å². The number of benzene rings is 2. The highest BCUT2D eigenvalue weighted by atomic mass is 16.6. The second-order valence-corrected chi connectivity index (χ2v) is 11.9. The minimum atomic E-state index is -0.991. The molecule has 2 rings (SSSR count). The summed E-state index contributed by atoms with van der Waals surface area (Å²) < 4.78 is 5.49. The van der Waals surface area contributed by atoms with Gasteiger partial charge in [-0.3, -0.25) is 9.59 Å². The fourth-order valence-corrected chi connectivity index (χ4v) is 4.61. The van der Waals surface area contributed by atoms with Crippen molar-refractivity contribution in [3.8, 4) is 5.75 Å². The number of carbonyl (C=O) groups excluding carboxylic acids is 3. The number of unbranched alkanes of at least 4 members (excludes halogenated alkanes) is 3. The summed E-state index contributed by atoms with van der Waals surface area (Å²) in [6.45, 7) is 15.3. The fourth-order valence-electron chi connectivity index (χ4n) is 4.61. The first-order chi connectivity index (χ1) is 19.3. The molecule has 0 aromatic heterocycles. The molecular weight excluding hydrogens is 518 g/mol. The Morgan fingerprint density at radius 2 is 1.66 bits per heavy atom. The summed E-state index contributed by atoms with van der Waals surface area (Å²) in [7, 11) is 0. The Kier molecular flexibility index (Phi) is 12.7. The van der Waals surface area contributed by atoms with Crippen LogP contribution in [-0.4, -0.2) is 46.1 Å². The molecule has 0 bridgehead atoms. The van der Waals surface area contributed by atoms with Crippen molar-refractivity contribution in [1.82, 2.24) is 10.2 Å². The van der Waals surface area contributed by atoms with Crippen molar-refractivity contribution >= 4 is 23.6 Å². The first-order valence-corrected chi connectivity index (χ1v) is 14.7. The number of phenols is 1. The lowest BCUT2D eigenvalue weighted by atomic mass is 9.95. The zero-order valence-electron chi connectivity index (χ0n) is 26.0. The van der Waals surface area contributed by atoms with E-state index in [4.69, 9.17) is 4.74 Å². The third-order valence-electron chi connectivity index (χ3n) is 7.19. The van der Waals surface area contributed by atoms with Crippen molar-refractivity contribution in [2.75, 3.05) is 11.9 Å². The number of para-hydroxylation sites is 1. The van der Waals surface area contributed by atoms with Gasteiger partial charge in [0, 0.05) is 12.2 Å². The summed E-state index contributed by atoms with van der Waals surface area (Å²) in [6, 6.07) is 10.6. The van der Waals surface area contributed by atoms with E-state index >= 15 is 0 Å². The monoisotopic (exact) mass is 567 g/mol. The molecule has 0 saturated carbocycles. The van der Waals surface area contributed by atoms with E-state index in [1.807, 2.05) is 45.0 Å². The second-order valence-electron chi connectivity index (χ2n) is 11.9. The molecule has 0 saturated heterocycles. The summed E-state index contributed by atoms with van der Waals surface area (Å²) in [4.78, 5) is 42.9. The minimum absolute atomic E-state index is 0.108. The maximum atomic E-state index is 14.4. The van der Waals surface area contributed by atoms with E-state index in [2.05, 4.69) is 17.6 Å². The van der Waals surface area contributed by atoms with Gasteiger partial charge in [0.25, 0.3) is 5.91 Å². The van der Waals surface area contributed by atoms with Crippen LogP contribution < -0.4 is 10.6 Å². The molecule has 0 spiro atoms. The van der Waals surface area contributed by atoms with Crippen molar-refractivity contribution in [2.24, 2.45) is 5.92 Å². The van der Waals surface area contributed by atoms with E-state index in [1.54, 1.807) is 50.8 Å². The van der Waals surface area contributed by atoms with Crippen LogP contribution in [0.3, 0.4) is 0 Å². The Bertz CT molecular complexity index is 1170. The molecule has 2 aromatic carbocycles. The number of anilines is 1. The van der Waals surface area contributed by atoms with Gasteiger partial charge in [0.05, 0.1) is 0 Å². The second kappa shape index (κ2) is 15.5. The lowest BCUT2D eigenvalue weighted by Crippen LogP contribution is -2.55. The van der Waals surface area contributed by atoms with Crippen LogP contribution in [0.5, 0.6) is 5.75 Å². The van der Waals surface area contributed by atoms with E-state index in [1.165, 1.54) is 0 Å². The molecule has 0 fully saturated rings. The highest BCUT2D eigenvalue weighted by molar-refractivity contribution is 5.99. The SMILES string of the molecule is CCCCCCN(C(=O)C(NC(=O)OC(C)(C)C)C(C)CC)C(C(=O)Nc1ccccc1C)c1ccc(O)c(C)c1. The number of rotatable bonds is 13. The van der Waals surface area contributed by atoms with Crippen LogP contribution >= 0.6 is 0 Å². The number of nitrogens with zero attached hydrogens (tertiary/aromatic N) is 1. The molecule has 3 atom stereocenters. The van der Waals surface area contributed by atoms with Gasteiger partial charge in [0.15, 0.2) is 0 Å².